The van der Waals surface area contributed by atoms with Gasteiger partial charge in [-0.1, -0.05) is 19.8 Å². The monoisotopic (exact) mass is 181 g/mol. The predicted octanol–water partition coefficient (Wildman–Crippen LogP) is 2.89. The average Bonchev–Trinajstić information content (AvgIpc) is 2.18. The van der Waals surface area contributed by atoms with Gasteiger partial charge in [0, 0.05) is 19.6 Å². The highest BCUT2D eigenvalue weighted by molar-refractivity contribution is 4.85. The third-order valence-corrected chi connectivity index (χ3v) is 2.92. The van der Waals surface area contributed by atoms with Gasteiger partial charge in [0.05, 0.1) is 6.07 Å². The Labute approximate surface area is 80.9 Å². The largest absolute Gasteiger partial charge is 0.381 e. The lowest BCUT2D eigenvalue weighted by atomic mass is 9.79. The summed E-state index contributed by atoms with van der Waals surface area (Å²) in [5.41, 5.74) is 0.207. The minimum absolute atomic E-state index is 0.207. The van der Waals surface area contributed by atoms with Crippen LogP contribution in [-0.4, -0.2) is 13.2 Å². The second kappa shape index (κ2) is 5.24. The summed E-state index contributed by atoms with van der Waals surface area (Å²) in [6.07, 6.45) is 6.59. The quantitative estimate of drug-likeness (QED) is 0.623. The van der Waals surface area contributed by atoms with E-state index in [1.165, 1.54) is 25.7 Å². The molecule has 0 aromatic carbocycles. The Morgan fingerprint density at radius 3 is 2.85 bits per heavy atom. The zero-order valence-corrected chi connectivity index (χ0v) is 8.51. The molecule has 1 rings (SSSR count). The van der Waals surface area contributed by atoms with Crippen LogP contribution >= 0.6 is 0 Å². The van der Waals surface area contributed by atoms with Crippen LogP contribution in [0.1, 0.15) is 45.4 Å². The molecule has 1 aliphatic rings. The van der Waals surface area contributed by atoms with Crippen molar-refractivity contribution >= 4 is 0 Å². The molecule has 1 fully saturated rings. The molecule has 0 amide bonds. The number of nitrogens with zero attached hydrogens (tertiary/aromatic N) is 1. The Balaban J connectivity index is 2.44. The van der Waals surface area contributed by atoms with Crippen molar-refractivity contribution in [3.8, 4) is 6.07 Å². The van der Waals surface area contributed by atoms with Gasteiger partial charge in [-0.15, -0.1) is 0 Å². The Morgan fingerprint density at radius 2 is 2.08 bits per heavy atom. The topological polar surface area (TPSA) is 33.0 Å². The molecule has 0 spiro atoms. The van der Waals surface area contributed by atoms with E-state index in [4.69, 9.17) is 10.00 Å². The fraction of sp³-hybridized carbons (Fsp3) is 0.909. The van der Waals surface area contributed by atoms with Crippen molar-refractivity contribution in [2.75, 3.05) is 13.2 Å². The van der Waals surface area contributed by atoms with E-state index in [0.29, 0.717) is 6.42 Å². The number of hydrogen-bond donors (Lipinski definition) is 0. The lowest BCUT2D eigenvalue weighted by Crippen LogP contribution is -2.17. The molecular weight excluding hydrogens is 162 g/mol. The van der Waals surface area contributed by atoms with Gasteiger partial charge in [0.1, 0.15) is 0 Å². The number of hydrogen-bond acceptors (Lipinski definition) is 2. The van der Waals surface area contributed by atoms with Crippen molar-refractivity contribution in [1.29, 1.82) is 5.26 Å². The SMILES string of the molecule is CC1(CC#N)CCCCCOCC1. The molecule has 0 aliphatic carbocycles. The van der Waals surface area contributed by atoms with Crippen LogP contribution in [0.25, 0.3) is 0 Å². The summed E-state index contributed by atoms with van der Waals surface area (Å²) in [5.74, 6) is 0. The molecule has 1 heterocycles. The maximum absolute atomic E-state index is 8.73. The van der Waals surface area contributed by atoms with Crippen molar-refractivity contribution in [3.63, 3.8) is 0 Å². The normalized spacial score (nSPS) is 31.1. The summed E-state index contributed by atoms with van der Waals surface area (Å²) in [5, 5.41) is 8.73. The highest BCUT2D eigenvalue weighted by Crippen LogP contribution is 2.32. The van der Waals surface area contributed by atoms with Crippen molar-refractivity contribution in [1.82, 2.24) is 0 Å². The molecular formula is C11H19NO. The Bertz CT molecular complexity index is 173. The second-order valence-corrected chi connectivity index (χ2v) is 4.32. The number of ether oxygens (including phenoxy) is 1. The van der Waals surface area contributed by atoms with Crippen LogP contribution in [0.4, 0.5) is 0 Å². The van der Waals surface area contributed by atoms with Crippen LogP contribution in [0.15, 0.2) is 0 Å². The van der Waals surface area contributed by atoms with Crippen molar-refractivity contribution < 1.29 is 4.74 Å². The minimum Gasteiger partial charge on any atom is -0.381 e. The van der Waals surface area contributed by atoms with E-state index in [1.54, 1.807) is 0 Å². The molecule has 1 unspecified atom stereocenters. The molecule has 1 saturated heterocycles. The molecule has 74 valence electrons. The van der Waals surface area contributed by atoms with Gasteiger partial charge in [0.15, 0.2) is 0 Å². The summed E-state index contributed by atoms with van der Waals surface area (Å²) < 4.78 is 5.49. The van der Waals surface area contributed by atoms with Crippen LogP contribution in [0, 0.1) is 16.7 Å². The molecule has 2 heteroatoms. The molecule has 0 radical (unpaired) electrons. The first-order chi connectivity index (χ1) is 6.27. The van der Waals surface area contributed by atoms with Crippen LogP contribution in [0.2, 0.25) is 0 Å². The van der Waals surface area contributed by atoms with E-state index in [-0.39, 0.29) is 5.41 Å². The maximum atomic E-state index is 8.73. The molecule has 2 nitrogen and oxygen atoms in total. The third-order valence-electron chi connectivity index (χ3n) is 2.92. The molecule has 1 aliphatic heterocycles. The van der Waals surface area contributed by atoms with Crippen LogP contribution in [0.3, 0.4) is 0 Å². The van der Waals surface area contributed by atoms with Crippen LogP contribution in [-0.2, 0) is 4.74 Å². The third kappa shape index (κ3) is 3.78. The molecule has 1 atom stereocenters. The lowest BCUT2D eigenvalue weighted by Gasteiger charge is -2.25. The van der Waals surface area contributed by atoms with Gasteiger partial charge in [-0.05, 0) is 24.7 Å². The molecule has 0 saturated carbocycles. The number of rotatable bonds is 1. The van der Waals surface area contributed by atoms with E-state index in [0.717, 1.165) is 19.6 Å². The first kappa shape index (κ1) is 10.5. The Morgan fingerprint density at radius 1 is 1.23 bits per heavy atom. The van der Waals surface area contributed by atoms with Gasteiger partial charge in [0.2, 0.25) is 0 Å². The second-order valence-electron chi connectivity index (χ2n) is 4.32. The Hall–Kier alpha value is -0.550. The van der Waals surface area contributed by atoms with Gasteiger partial charge in [-0.3, -0.25) is 0 Å². The van der Waals surface area contributed by atoms with E-state index in [1.807, 2.05) is 0 Å². The van der Waals surface area contributed by atoms with E-state index in [9.17, 15) is 0 Å². The zero-order chi connectivity index (χ0) is 9.57. The van der Waals surface area contributed by atoms with E-state index >= 15 is 0 Å². The maximum Gasteiger partial charge on any atom is 0.0627 e. The summed E-state index contributed by atoms with van der Waals surface area (Å²) >= 11 is 0. The van der Waals surface area contributed by atoms with E-state index < -0.39 is 0 Å². The standard InChI is InChI=1S/C11H19NO/c1-11(6-8-12)5-3-2-4-9-13-10-7-11/h2-7,9-10H2,1H3. The lowest BCUT2D eigenvalue weighted by molar-refractivity contribution is 0.104. The first-order valence-corrected chi connectivity index (χ1v) is 5.22. The van der Waals surface area contributed by atoms with Gasteiger partial charge in [-0.25, -0.2) is 0 Å². The zero-order valence-electron chi connectivity index (χ0n) is 8.51. The van der Waals surface area contributed by atoms with Gasteiger partial charge in [-0.2, -0.15) is 5.26 Å². The highest BCUT2D eigenvalue weighted by Gasteiger charge is 2.23. The molecule has 0 bridgehead atoms. The summed E-state index contributed by atoms with van der Waals surface area (Å²) in [4.78, 5) is 0. The highest BCUT2D eigenvalue weighted by atomic mass is 16.5. The van der Waals surface area contributed by atoms with Gasteiger partial charge in [0.25, 0.3) is 0 Å². The first-order valence-electron chi connectivity index (χ1n) is 5.22. The van der Waals surface area contributed by atoms with Crippen molar-refractivity contribution in [2.24, 2.45) is 5.41 Å². The predicted molar refractivity (Wildman–Crippen MR) is 52.2 cm³/mol. The van der Waals surface area contributed by atoms with Crippen LogP contribution < -0.4 is 0 Å². The fourth-order valence-electron chi connectivity index (χ4n) is 1.85. The average molecular weight is 181 g/mol. The van der Waals surface area contributed by atoms with Crippen LogP contribution in [0.5, 0.6) is 0 Å². The number of nitriles is 1. The summed E-state index contributed by atoms with van der Waals surface area (Å²) in [7, 11) is 0. The molecule has 0 aromatic rings. The Kier molecular flexibility index (Phi) is 4.24. The van der Waals surface area contributed by atoms with Gasteiger partial charge >= 0.3 is 0 Å². The minimum atomic E-state index is 0.207. The molecule has 13 heavy (non-hydrogen) atoms. The van der Waals surface area contributed by atoms with Gasteiger partial charge < -0.3 is 4.74 Å². The van der Waals surface area contributed by atoms with Crippen molar-refractivity contribution in [2.45, 2.75) is 45.4 Å². The smallest absolute Gasteiger partial charge is 0.0627 e. The summed E-state index contributed by atoms with van der Waals surface area (Å²) in [6.45, 7) is 3.95. The fourth-order valence-corrected chi connectivity index (χ4v) is 1.85. The van der Waals surface area contributed by atoms with Crippen molar-refractivity contribution in [3.05, 3.63) is 0 Å². The molecule has 0 N–H and O–H groups in total. The van der Waals surface area contributed by atoms with E-state index in [2.05, 4.69) is 13.0 Å². The summed E-state index contributed by atoms with van der Waals surface area (Å²) in [6, 6.07) is 2.29. The molecule has 0 aromatic heterocycles.